The highest BCUT2D eigenvalue weighted by Gasteiger charge is 2.57. The standard InChI is InChI=1S/C17H23FO6/c1-17(2)23-14-13(12(19)8-18)22-16(15(14)24-17)21-9-10-4-6-11(20-3)7-5-10/h4-7,12-16,19H,8-9H2,1-3H3/t12-,13-,14+,15+,16+/m1/s1. The SMILES string of the molecule is COc1ccc(CO[C@H]2O[C@H]([C@H](O)CF)[C@@H]3OC(C)(C)O[C@H]23)cc1. The van der Waals surface area contributed by atoms with Gasteiger partial charge in [-0.2, -0.15) is 0 Å². The fourth-order valence-corrected chi connectivity index (χ4v) is 3.02. The number of halogens is 1. The zero-order chi connectivity index (χ0) is 17.3. The highest BCUT2D eigenvalue weighted by Crippen LogP contribution is 2.40. The number of ether oxygens (including phenoxy) is 5. The van der Waals surface area contributed by atoms with Gasteiger partial charge in [-0.05, 0) is 31.5 Å². The molecule has 0 bridgehead atoms. The van der Waals surface area contributed by atoms with Crippen LogP contribution in [0, 0.1) is 0 Å². The molecule has 0 aromatic heterocycles. The van der Waals surface area contributed by atoms with Crippen molar-refractivity contribution in [3.8, 4) is 5.75 Å². The molecule has 1 N–H and O–H groups in total. The summed E-state index contributed by atoms with van der Waals surface area (Å²) >= 11 is 0. The van der Waals surface area contributed by atoms with Crippen molar-refractivity contribution in [2.24, 2.45) is 0 Å². The number of aliphatic hydroxyl groups excluding tert-OH is 1. The second-order valence-corrected chi connectivity index (χ2v) is 6.41. The second-order valence-electron chi connectivity index (χ2n) is 6.41. The maximum atomic E-state index is 12.9. The van der Waals surface area contributed by atoms with Gasteiger partial charge < -0.3 is 28.8 Å². The van der Waals surface area contributed by atoms with Crippen molar-refractivity contribution in [2.45, 2.75) is 56.9 Å². The molecule has 0 radical (unpaired) electrons. The van der Waals surface area contributed by atoms with Crippen LogP contribution < -0.4 is 4.74 Å². The lowest BCUT2D eigenvalue weighted by Crippen LogP contribution is -2.39. The van der Waals surface area contributed by atoms with Crippen LogP contribution >= 0.6 is 0 Å². The molecule has 3 rings (SSSR count). The van der Waals surface area contributed by atoms with E-state index >= 15 is 0 Å². The Morgan fingerprint density at radius 1 is 1.21 bits per heavy atom. The summed E-state index contributed by atoms with van der Waals surface area (Å²) < 4.78 is 41.0. The lowest BCUT2D eigenvalue weighted by atomic mass is 10.1. The molecule has 1 aromatic rings. The largest absolute Gasteiger partial charge is 0.497 e. The highest BCUT2D eigenvalue weighted by atomic mass is 19.1. The van der Waals surface area contributed by atoms with Crippen LogP contribution in [0.25, 0.3) is 0 Å². The van der Waals surface area contributed by atoms with Crippen LogP contribution in [0.3, 0.4) is 0 Å². The molecule has 0 amide bonds. The first kappa shape index (κ1) is 17.6. The van der Waals surface area contributed by atoms with Crippen LogP contribution in [0.4, 0.5) is 4.39 Å². The zero-order valence-corrected chi connectivity index (χ0v) is 14.0. The molecule has 134 valence electrons. The summed E-state index contributed by atoms with van der Waals surface area (Å²) in [6.07, 6.45) is -3.90. The summed E-state index contributed by atoms with van der Waals surface area (Å²) in [7, 11) is 1.60. The molecule has 0 aliphatic carbocycles. The molecule has 0 saturated carbocycles. The summed E-state index contributed by atoms with van der Waals surface area (Å²) in [5.74, 6) is -0.0638. The highest BCUT2D eigenvalue weighted by molar-refractivity contribution is 5.26. The normalized spacial score (nSPS) is 32.5. The molecule has 2 fully saturated rings. The third-order valence-electron chi connectivity index (χ3n) is 4.16. The quantitative estimate of drug-likeness (QED) is 0.850. The number of rotatable bonds is 6. The Bertz CT molecular complexity index is 549. The third-order valence-corrected chi connectivity index (χ3v) is 4.16. The van der Waals surface area contributed by atoms with Crippen molar-refractivity contribution in [2.75, 3.05) is 13.8 Å². The third kappa shape index (κ3) is 3.55. The van der Waals surface area contributed by atoms with Crippen molar-refractivity contribution in [3.63, 3.8) is 0 Å². The van der Waals surface area contributed by atoms with Crippen molar-refractivity contribution in [1.82, 2.24) is 0 Å². The monoisotopic (exact) mass is 342 g/mol. The summed E-state index contributed by atoms with van der Waals surface area (Å²) in [5, 5.41) is 9.83. The average molecular weight is 342 g/mol. The minimum absolute atomic E-state index is 0.292. The van der Waals surface area contributed by atoms with Gasteiger partial charge in [-0.25, -0.2) is 4.39 Å². The zero-order valence-electron chi connectivity index (χ0n) is 14.0. The molecule has 24 heavy (non-hydrogen) atoms. The van der Waals surface area contributed by atoms with Crippen LogP contribution in [-0.2, 0) is 25.6 Å². The summed E-state index contributed by atoms with van der Waals surface area (Å²) in [5.41, 5.74) is 0.934. The van der Waals surface area contributed by atoms with Crippen molar-refractivity contribution in [1.29, 1.82) is 0 Å². The fourth-order valence-electron chi connectivity index (χ4n) is 3.02. The van der Waals surface area contributed by atoms with E-state index in [4.69, 9.17) is 23.7 Å². The Hall–Kier alpha value is -1.25. The van der Waals surface area contributed by atoms with Gasteiger partial charge in [0.25, 0.3) is 0 Å². The van der Waals surface area contributed by atoms with Gasteiger partial charge in [0.15, 0.2) is 12.1 Å². The van der Waals surface area contributed by atoms with E-state index in [2.05, 4.69) is 0 Å². The Morgan fingerprint density at radius 3 is 2.50 bits per heavy atom. The Labute approximate surface area is 140 Å². The van der Waals surface area contributed by atoms with Gasteiger partial charge >= 0.3 is 0 Å². The molecular formula is C17H23FO6. The van der Waals surface area contributed by atoms with Gasteiger partial charge in [0.2, 0.25) is 0 Å². The van der Waals surface area contributed by atoms with Crippen LogP contribution in [0.5, 0.6) is 5.75 Å². The fraction of sp³-hybridized carbons (Fsp3) is 0.647. The molecule has 5 atom stereocenters. The number of fused-ring (bicyclic) bond motifs is 1. The molecule has 6 nitrogen and oxygen atoms in total. The summed E-state index contributed by atoms with van der Waals surface area (Å²) in [6.45, 7) is 2.92. The first-order chi connectivity index (χ1) is 11.4. The number of hydrogen-bond acceptors (Lipinski definition) is 6. The summed E-state index contributed by atoms with van der Waals surface area (Å²) in [4.78, 5) is 0. The van der Waals surface area contributed by atoms with Gasteiger partial charge in [0.05, 0.1) is 13.7 Å². The van der Waals surface area contributed by atoms with E-state index < -0.39 is 43.2 Å². The van der Waals surface area contributed by atoms with E-state index in [1.165, 1.54) is 0 Å². The molecule has 2 heterocycles. The maximum absolute atomic E-state index is 12.9. The van der Waals surface area contributed by atoms with Crippen LogP contribution in [0.1, 0.15) is 19.4 Å². The molecule has 0 unspecified atom stereocenters. The molecule has 1 aromatic carbocycles. The average Bonchev–Trinajstić information content (AvgIpc) is 3.06. The van der Waals surface area contributed by atoms with E-state index in [1.807, 2.05) is 24.3 Å². The number of aliphatic hydroxyl groups is 1. The van der Waals surface area contributed by atoms with Crippen molar-refractivity contribution >= 4 is 0 Å². The molecule has 2 saturated heterocycles. The molecular weight excluding hydrogens is 319 g/mol. The van der Waals surface area contributed by atoms with Gasteiger partial charge in [-0.15, -0.1) is 0 Å². The van der Waals surface area contributed by atoms with Gasteiger partial charge in [0, 0.05) is 0 Å². The van der Waals surface area contributed by atoms with E-state index in [0.29, 0.717) is 6.61 Å². The molecule has 2 aliphatic heterocycles. The van der Waals surface area contributed by atoms with E-state index in [-0.39, 0.29) is 0 Å². The second kappa shape index (κ2) is 6.93. The predicted octanol–water partition coefficient (Wildman–Crippen LogP) is 1.79. The maximum Gasteiger partial charge on any atom is 0.187 e. The van der Waals surface area contributed by atoms with Crippen molar-refractivity contribution < 1.29 is 33.2 Å². The van der Waals surface area contributed by atoms with Gasteiger partial charge in [-0.1, -0.05) is 12.1 Å². The lowest BCUT2D eigenvalue weighted by Gasteiger charge is -2.25. The number of methoxy groups -OCH3 is 1. The summed E-state index contributed by atoms with van der Waals surface area (Å²) in [6, 6.07) is 7.44. The predicted molar refractivity (Wildman–Crippen MR) is 82.3 cm³/mol. The number of benzene rings is 1. The Kier molecular flexibility index (Phi) is 5.08. The minimum Gasteiger partial charge on any atom is -0.497 e. The number of alkyl halides is 1. The molecule has 0 spiro atoms. The Balaban J connectivity index is 1.66. The lowest BCUT2D eigenvalue weighted by molar-refractivity contribution is -0.246. The Morgan fingerprint density at radius 2 is 1.88 bits per heavy atom. The van der Waals surface area contributed by atoms with Gasteiger partial charge in [0.1, 0.15) is 36.8 Å². The van der Waals surface area contributed by atoms with E-state index in [1.54, 1.807) is 21.0 Å². The minimum atomic E-state index is -1.27. The first-order valence-electron chi connectivity index (χ1n) is 7.93. The van der Waals surface area contributed by atoms with Crippen molar-refractivity contribution in [3.05, 3.63) is 29.8 Å². The number of hydrogen-bond donors (Lipinski definition) is 1. The molecule has 2 aliphatic rings. The topological polar surface area (TPSA) is 66.4 Å². The van der Waals surface area contributed by atoms with E-state index in [0.717, 1.165) is 11.3 Å². The van der Waals surface area contributed by atoms with Gasteiger partial charge in [-0.3, -0.25) is 0 Å². The first-order valence-corrected chi connectivity index (χ1v) is 7.93. The van der Waals surface area contributed by atoms with Crippen LogP contribution in [0.2, 0.25) is 0 Å². The van der Waals surface area contributed by atoms with Crippen LogP contribution in [0.15, 0.2) is 24.3 Å². The molecule has 7 heteroatoms. The van der Waals surface area contributed by atoms with E-state index in [9.17, 15) is 9.50 Å². The smallest absolute Gasteiger partial charge is 0.187 e. The van der Waals surface area contributed by atoms with Crippen LogP contribution in [-0.4, -0.2) is 55.4 Å².